The van der Waals surface area contributed by atoms with E-state index in [-0.39, 0.29) is 23.6 Å². The van der Waals surface area contributed by atoms with E-state index in [4.69, 9.17) is 22.3 Å². The summed E-state index contributed by atoms with van der Waals surface area (Å²) in [6, 6.07) is 0. The lowest BCUT2D eigenvalue weighted by Crippen LogP contribution is -2.23. The van der Waals surface area contributed by atoms with Crippen molar-refractivity contribution in [3.05, 3.63) is 16.6 Å². The third kappa shape index (κ3) is 6.70. The summed E-state index contributed by atoms with van der Waals surface area (Å²) in [5, 5.41) is 6.20. The molecule has 12 heteroatoms. The molecule has 0 aliphatic carbocycles. The molecular weight excluding hydrogens is 322 g/mol. The van der Waals surface area contributed by atoms with Crippen LogP contribution in [0, 0.1) is 0 Å². The highest BCUT2D eigenvalue weighted by molar-refractivity contribution is 7.99. The number of amidine groups is 1. The molecule has 1 aromatic heterocycles. The van der Waals surface area contributed by atoms with Crippen LogP contribution in [0.25, 0.3) is 0 Å². The van der Waals surface area contributed by atoms with Gasteiger partial charge >= 0.3 is 10.2 Å². The molecule has 9 nitrogen and oxygen atoms in total. The maximum absolute atomic E-state index is 10.7. The molecule has 1 heterocycles. The standard InChI is InChI=1S/C8H15N7O2S3/c9-6(15-20(12,16)17)1-2-19-7(14-8(10)11)5-3-18-4-13-5/h3-4,7H,1-2H2,(H2,9,15)(H4,10,11,14)(H2,12,16,17). The Balaban J connectivity index is 2.61. The quantitative estimate of drug-likeness (QED) is 0.368. The first-order valence-electron chi connectivity index (χ1n) is 5.23. The lowest BCUT2D eigenvalue weighted by Gasteiger charge is -2.09. The van der Waals surface area contributed by atoms with Crippen molar-refractivity contribution in [2.75, 3.05) is 5.75 Å². The monoisotopic (exact) mass is 337 g/mol. The van der Waals surface area contributed by atoms with Crippen LogP contribution >= 0.6 is 23.1 Å². The molecule has 0 radical (unpaired) electrons. The van der Waals surface area contributed by atoms with E-state index in [1.807, 2.05) is 5.38 Å². The lowest BCUT2D eigenvalue weighted by atomic mass is 10.5. The Hall–Kier alpha value is -1.37. The van der Waals surface area contributed by atoms with Gasteiger partial charge in [-0.25, -0.2) is 15.1 Å². The molecule has 1 rings (SSSR count). The molecule has 0 bridgehead atoms. The van der Waals surface area contributed by atoms with E-state index in [0.29, 0.717) is 5.75 Å². The minimum absolute atomic E-state index is 0.0540. The second-order valence-corrected chi connectivity index (χ2v) is 6.66. The van der Waals surface area contributed by atoms with E-state index in [9.17, 15) is 8.42 Å². The lowest BCUT2D eigenvalue weighted by molar-refractivity contribution is 0.599. The molecule has 0 saturated heterocycles. The third-order valence-corrected chi connectivity index (χ3v) is 4.05. The molecule has 0 saturated carbocycles. The largest absolute Gasteiger partial charge is 0.386 e. The average Bonchev–Trinajstić information content (AvgIpc) is 2.77. The van der Waals surface area contributed by atoms with Crippen LogP contribution in [0.5, 0.6) is 0 Å². The van der Waals surface area contributed by atoms with Gasteiger partial charge in [-0.1, -0.05) is 0 Å². The fraction of sp³-hybridized carbons (Fsp3) is 0.375. The van der Waals surface area contributed by atoms with Crippen molar-refractivity contribution in [2.24, 2.45) is 31.7 Å². The smallest absolute Gasteiger partial charge is 0.318 e. The van der Waals surface area contributed by atoms with Crippen molar-refractivity contribution >= 4 is 45.1 Å². The van der Waals surface area contributed by atoms with Gasteiger partial charge in [-0.3, -0.25) is 0 Å². The van der Waals surface area contributed by atoms with E-state index < -0.39 is 10.2 Å². The predicted molar refractivity (Wildman–Crippen MR) is 82.5 cm³/mol. The first-order chi connectivity index (χ1) is 9.28. The molecule has 1 unspecified atom stereocenters. The molecule has 1 aromatic rings. The fourth-order valence-electron chi connectivity index (χ4n) is 1.15. The van der Waals surface area contributed by atoms with E-state index in [0.717, 1.165) is 5.69 Å². The Kier molecular flexibility index (Phi) is 6.19. The Morgan fingerprint density at radius 1 is 1.45 bits per heavy atom. The first kappa shape index (κ1) is 16.7. The predicted octanol–water partition coefficient (Wildman–Crippen LogP) is -0.901. The molecule has 0 aliphatic heterocycles. The van der Waals surface area contributed by atoms with Crippen LogP contribution < -0.4 is 22.3 Å². The number of aromatic nitrogens is 1. The van der Waals surface area contributed by atoms with E-state index in [1.165, 1.54) is 23.1 Å². The molecule has 112 valence electrons. The summed E-state index contributed by atoms with van der Waals surface area (Å²) >= 11 is 2.79. The average molecular weight is 337 g/mol. The molecule has 0 fully saturated rings. The van der Waals surface area contributed by atoms with Gasteiger partial charge in [0.05, 0.1) is 11.2 Å². The highest BCUT2D eigenvalue weighted by Crippen LogP contribution is 2.30. The van der Waals surface area contributed by atoms with Gasteiger partial charge in [0.2, 0.25) is 0 Å². The fourth-order valence-corrected chi connectivity index (χ4v) is 3.28. The Morgan fingerprint density at radius 2 is 2.15 bits per heavy atom. The number of aliphatic imine (C=N–C) groups is 1. The van der Waals surface area contributed by atoms with Crippen LogP contribution in [0.4, 0.5) is 0 Å². The molecule has 20 heavy (non-hydrogen) atoms. The second-order valence-electron chi connectivity index (χ2n) is 3.54. The summed E-state index contributed by atoms with van der Waals surface area (Å²) in [6.45, 7) is 0. The van der Waals surface area contributed by atoms with Crippen molar-refractivity contribution in [3.63, 3.8) is 0 Å². The summed E-state index contributed by atoms with van der Waals surface area (Å²) in [4.78, 5) is 8.18. The first-order valence-corrected chi connectivity index (χ1v) is 8.73. The summed E-state index contributed by atoms with van der Waals surface area (Å²) in [6.07, 6.45) is 0.238. The highest BCUT2D eigenvalue weighted by Gasteiger charge is 2.13. The molecular formula is C8H15N7O2S3. The molecule has 0 spiro atoms. The van der Waals surface area contributed by atoms with Crippen LogP contribution in [-0.2, 0) is 10.2 Å². The number of guanidine groups is 1. The van der Waals surface area contributed by atoms with Gasteiger partial charge in [-0.2, -0.15) is 8.42 Å². The van der Waals surface area contributed by atoms with Gasteiger partial charge in [-0.15, -0.1) is 27.5 Å². The SMILES string of the molecule is NC(N)=NC(SCCC(N)=NS(N)(=O)=O)c1cscn1. The zero-order valence-electron chi connectivity index (χ0n) is 10.3. The van der Waals surface area contributed by atoms with Crippen molar-refractivity contribution < 1.29 is 8.42 Å². The number of hydrogen-bond acceptors (Lipinski definition) is 6. The summed E-state index contributed by atoms with van der Waals surface area (Å²) in [7, 11) is -3.96. The minimum Gasteiger partial charge on any atom is -0.386 e. The topological polar surface area (TPSA) is 176 Å². The summed E-state index contributed by atoms with van der Waals surface area (Å²) < 4.78 is 24.6. The van der Waals surface area contributed by atoms with E-state index in [2.05, 4.69) is 14.4 Å². The van der Waals surface area contributed by atoms with Crippen LogP contribution in [0.3, 0.4) is 0 Å². The summed E-state index contributed by atoms with van der Waals surface area (Å²) in [5.74, 6) is 0.340. The van der Waals surface area contributed by atoms with Crippen molar-refractivity contribution in [1.82, 2.24) is 4.98 Å². The van der Waals surface area contributed by atoms with Crippen LogP contribution in [0.15, 0.2) is 20.3 Å². The highest BCUT2D eigenvalue weighted by atomic mass is 32.2. The van der Waals surface area contributed by atoms with Crippen molar-refractivity contribution in [1.29, 1.82) is 0 Å². The van der Waals surface area contributed by atoms with Crippen LogP contribution in [0.1, 0.15) is 17.5 Å². The Morgan fingerprint density at radius 3 is 2.65 bits per heavy atom. The van der Waals surface area contributed by atoms with Crippen LogP contribution in [-0.4, -0.2) is 30.9 Å². The molecule has 1 atom stereocenters. The molecule has 8 N–H and O–H groups in total. The maximum Gasteiger partial charge on any atom is 0.318 e. The van der Waals surface area contributed by atoms with Gasteiger partial charge in [-0.05, 0) is 0 Å². The zero-order valence-corrected chi connectivity index (χ0v) is 12.8. The van der Waals surface area contributed by atoms with Gasteiger partial charge in [0, 0.05) is 17.6 Å². The molecule has 0 amide bonds. The van der Waals surface area contributed by atoms with Gasteiger partial charge in [0.1, 0.15) is 11.2 Å². The van der Waals surface area contributed by atoms with Gasteiger partial charge in [0.25, 0.3) is 0 Å². The summed E-state index contributed by atoms with van der Waals surface area (Å²) in [5.41, 5.74) is 18.6. The van der Waals surface area contributed by atoms with Gasteiger partial charge in [0.15, 0.2) is 5.96 Å². The van der Waals surface area contributed by atoms with Crippen molar-refractivity contribution in [2.45, 2.75) is 11.8 Å². The number of nitrogens with two attached hydrogens (primary N) is 4. The third-order valence-electron chi connectivity index (χ3n) is 1.85. The number of nitrogens with zero attached hydrogens (tertiary/aromatic N) is 3. The number of thiazole rings is 1. The van der Waals surface area contributed by atoms with Crippen LogP contribution in [0.2, 0.25) is 0 Å². The van der Waals surface area contributed by atoms with Crippen molar-refractivity contribution in [3.8, 4) is 0 Å². The maximum atomic E-state index is 10.7. The second kappa shape index (κ2) is 7.42. The van der Waals surface area contributed by atoms with Gasteiger partial charge < -0.3 is 17.2 Å². The molecule has 0 aliphatic rings. The molecule has 0 aromatic carbocycles. The minimum atomic E-state index is -3.96. The van der Waals surface area contributed by atoms with E-state index in [1.54, 1.807) is 5.51 Å². The van der Waals surface area contributed by atoms with E-state index >= 15 is 0 Å². The number of hydrogen-bond donors (Lipinski definition) is 4. The Labute approximate surface area is 124 Å². The zero-order chi connectivity index (χ0) is 15.2. The number of thioether (sulfide) groups is 1. The Bertz CT molecular complexity index is 577. The number of rotatable bonds is 7. The normalized spacial score (nSPS) is 13.9.